The Morgan fingerprint density at radius 3 is 2.76 bits per heavy atom. The van der Waals surface area contributed by atoms with Crippen LogP contribution in [0.5, 0.6) is 0 Å². The average molecular weight is 280 g/mol. The second-order valence-corrected chi connectivity index (χ2v) is 5.21. The van der Waals surface area contributed by atoms with Gasteiger partial charge in [0.2, 0.25) is 5.78 Å². The maximum atomic E-state index is 12.7. The SMILES string of the molecule is Cc1ccc(C)c(C2=C(N)OC(c3cccnc3)C2=O)c1. The zero-order valence-electron chi connectivity index (χ0n) is 12.0. The van der Waals surface area contributed by atoms with Gasteiger partial charge in [-0.2, -0.15) is 0 Å². The van der Waals surface area contributed by atoms with Crippen LogP contribution in [-0.2, 0) is 9.53 Å². The minimum atomic E-state index is -0.700. The van der Waals surface area contributed by atoms with E-state index in [4.69, 9.17) is 10.5 Å². The van der Waals surface area contributed by atoms with Crippen molar-refractivity contribution < 1.29 is 9.53 Å². The monoisotopic (exact) mass is 280 g/mol. The maximum absolute atomic E-state index is 12.7. The smallest absolute Gasteiger partial charge is 0.214 e. The molecule has 21 heavy (non-hydrogen) atoms. The number of hydrogen-bond donors (Lipinski definition) is 1. The van der Waals surface area contributed by atoms with Crippen molar-refractivity contribution in [3.05, 3.63) is 70.9 Å². The summed E-state index contributed by atoms with van der Waals surface area (Å²) in [5.74, 6) is 0.0664. The van der Waals surface area contributed by atoms with E-state index in [1.165, 1.54) is 0 Å². The number of Topliss-reactive ketones (excluding diaryl/α,β-unsaturated/α-hetero) is 1. The van der Waals surface area contributed by atoms with E-state index >= 15 is 0 Å². The summed E-state index contributed by atoms with van der Waals surface area (Å²) in [7, 11) is 0. The zero-order valence-corrected chi connectivity index (χ0v) is 12.0. The van der Waals surface area contributed by atoms with Crippen LogP contribution in [0.4, 0.5) is 0 Å². The number of benzene rings is 1. The number of hydrogen-bond acceptors (Lipinski definition) is 4. The second-order valence-electron chi connectivity index (χ2n) is 5.21. The van der Waals surface area contributed by atoms with Crippen molar-refractivity contribution in [3.8, 4) is 0 Å². The number of pyridine rings is 1. The minimum absolute atomic E-state index is 0.116. The Bertz CT molecular complexity index is 736. The number of carbonyl (C=O) groups excluding carboxylic acids is 1. The van der Waals surface area contributed by atoms with Gasteiger partial charge in [-0.25, -0.2) is 0 Å². The number of carbonyl (C=O) groups is 1. The molecule has 0 bridgehead atoms. The van der Waals surface area contributed by atoms with Crippen molar-refractivity contribution in [2.45, 2.75) is 20.0 Å². The van der Waals surface area contributed by atoms with Gasteiger partial charge in [0.15, 0.2) is 12.0 Å². The third-order valence-electron chi connectivity index (χ3n) is 3.63. The minimum Gasteiger partial charge on any atom is -0.462 e. The summed E-state index contributed by atoms with van der Waals surface area (Å²) >= 11 is 0. The van der Waals surface area contributed by atoms with Gasteiger partial charge in [-0.1, -0.05) is 29.8 Å². The highest BCUT2D eigenvalue weighted by atomic mass is 16.5. The normalized spacial score (nSPS) is 18.0. The molecule has 1 unspecified atom stereocenters. The van der Waals surface area contributed by atoms with Gasteiger partial charge in [0.25, 0.3) is 0 Å². The van der Waals surface area contributed by atoms with E-state index in [-0.39, 0.29) is 11.7 Å². The van der Waals surface area contributed by atoms with Crippen molar-refractivity contribution >= 4 is 11.4 Å². The molecule has 0 amide bonds. The Hall–Kier alpha value is -2.62. The first kappa shape index (κ1) is 13.4. The first-order valence-corrected chi connectivity index (χ1v) is 6.76. The number of aryl methyl sites for hydroxylation is 2. The molecule has 0 spiro atoms. The third-order valence-corrected chi connectivity index (χ3v) is 3.63. The first-order chi connectivity index (χ1) is 10.1. The summed E-state index contributed by atoms with van der Waals surface area (Å²) in [6, 6.07) is 9.54. The van der Waals surface area contributed by atoms with Crippen LogP contribution >= 0.6 is 0 Å². The van der Waals surface area contributed by atoms with Gasteiger partial charge in [-0.15, -0.1) is 0 Å². The van der Waals surface area contributed by atoms with E-state index in [1.54, 1.807) is 18.5 Å². The molecule has 3 rings (SSSR count). The lowest BCUT2D eigenvalue weighted by molar-refractivity contribution is -0.120. The molecule has 0 radical (unpaired) electrons. The maximum Gasteiger partial charge on any atom is 0.214 e. The van der Waals surface area contributed by atoms with Crippen molar-refractivity contribution in [1.29, 1.82) is 0 Å². The van der Waals surface area contributed by atoms with Gasteiger partial charge < -0.3 is 10.5 Å². The predicted octanol–water partition coefficient (Wildman–Crippen LogP) is 2.67. The molecule has 106 valence electrons. The predicted molar refractivity (Wildman–Crippen MR) is 80.1 cm³/mol. The summed E-state index contributed by atoms with van der Waals surface area (Å²) in [5.41, 5.74) is 10.1. The highest BCUT2D eigenvalue weighted by Crippen LogP contribution is 2.37. The molecule has 0 saturated heterocycles. The number of rotatable bonds is 2. The molecular formula is C17H16N2O2. The van der Waals surface area contributed by atoms with Crippen molar-refractivity contribution in [3.63, 3.8) is 0 Å². The topological polar surface area (TPSA) is 65.2 Å². The third kappa shape index (κ3) is 2.29. The summed E-state index contributed by atoms with van der Waals surface area (Å²) < 4.78 is 5.59. The molecule has 4 nitrogen and oxygen atoms in total. The molecule has 1 aromatic heterocycles. The molecule has 1 aromatic carbocycles. The average Bonchev–Trinajstić information content (AvgIpc) is 2.78. The van der Waals surface area contributed by atoms with Crippen LogP contribution in [0.2, 0.25) is 0 Å². The van der Waals surface area contributed by atoms with Gasteiger partial charge in [0, 0.05) is 18.0 Å². The Labute approximate surface area is 123 Å². The second kappa shape index (κ2) is 5.05. The molecule has 4 heteroatoms. The summed E-state index contributed by atoms with van der Waals surface area (Å²) in [5, 5.41) is 0. The van der Waals surface area contributed by atoms with Crippen LogP contribution in [0.1, 0.15) is 28.4 Å². The van der Waals surface area contributed by atoms with E-state index in [0.717, 1.165) is 16.7 Å². The van der Waals surface area contributed by atoms with Gasteiger partial charge in [-0.3, -0.25) is 9.78 Å². The van der Waals surface area contributed by atoms with Crippen LogP contribution < -0.4 is 5.73 Å². The quantitative estimate of drug-likeness (QED) is 0.918. The molecule has 0 aliphatic carbocycles. The lowest BCUT2D eigenvalue weighted by atomic mass is 9.93. The molecule has 2 N–H and O–H groups in total. The van der Waals surface area contributed by atoms with E-state index in [1.807, 2.05) is 38.1 Å². The van der Waals surface area contributed by atoms with Crippen molar-refractivity contribution in [1.82, 2.24) is 4.98 Å². The standard InChI is InChI=1S/C17H16N2O2/c1-10-5-6-11(2)13(8-10)14-15(20)16(21-17(14)18)12-4-3-7-19-9-12/h3-9,16H,18H2,1-2H3. The van der Waals surface area contributed by atoms with Crippen LogP contribution in [0.15, 0.2) is 48.6 Å². The van der Waals surface area contributed by atoms with E-state index < -0.39 is 6.10 Å². The van der Waals surface area contributed by atoms with Gasteiger partial charge in [0.1, 0.15) is 0 Å². The fraction of sp³-hybridized carbons (Fsp3) is 0.176. The van der Waals surface area contributed by atoms with Gasteiger partial charge >= 0.3 is 0 Å². The first-order valence-electron chi connectivity index (χ1n) is 6.76. The number of aromatic nitrogens is 1. The summed E-state index contributed by atoms with van der Waals surface area (Å²) in [6.45, 7) is 3.94. The van der Waals surface area contributed by atoms with Gasteiger partial charge in [0.05, 0.1) is 5.57 Å². The zero-order chi connectivity index (χ0) is 15.0. The molecule has 1 atom stereocenters. The van der Waals surface area contributed by atoms with Gasteiger partial charge in [-0.05, 0) is 31.0 Å². The molecule has 0 saturated carbocycles. The summed E-state index contributed by atoms with van der Waals surface area (Å²) in [6.07, 6.45) is 2.58. The molecule has 0 fully saturated rings. The van der Waals surface area contributed by atoms with Crippen LogP contribution in [-0.4, -0.2) is 10.8 Å². The van der Waals surface area contributed by atoms with E-state index in [2.05, 4.69) is 4.98 Å². The largest absolute Gasteiger partial charge is 0.462 e. The molecular weight excluding hydrogens is 264 g/mol. The lowest BCUT2D eigenvalue weighted by Crippen LogP contribution is -2.10. The Kier molecular flexibility index (Phi) is 3.22. The number of ether oxygens (including phenoxy) is 1. The lowest BCUT2D eigenvalue weighted by Gasteiger charge is -2.09. The Morgan fingerprint density at radius 1 is 1.24 bits per heavy atom. The fourth-order valence-electron chi connectivity index (χ4n) is 2.51. The van der Waals surface area contributed by atoms with E-state index in [0.29, 0.717) is 11.1 Å². The van der Waals surface area contributed by atoms with Crippen molar-refractivity contribution in [2.75, 3.05) is 0 Å². The molecule has 2 heterocycles. The highest BCUT2D eigenvalue weighted by Gasteiger charge is 2.36. The van der Waals surface area contributed by atoms with Crippen LogP contribution in [0.25, 0.3) is 5.57 Å². The molecule has 2 aromatic rings. The van der Waals surface area contributed by atoms with Crippen molar-refractivity contribution in [2.24, 2.45) is 5.73 Å². The number of ketones is 1. The van der Waals surface area contributed by atoms with Crippen LogP contribution in [0, 0.1) is 13.8 Å². The molecule has 1 aliphatic rings. The highest BCUT2D eigenvalue weighted by molar-refractivity contribution is 6.25. The Morgan fingerprint density at radius 2 is 2.05 bits per heavy atom. The number of nitrogens with two attached hydrogens (primary N) is 1. The Balaban J connectivity index is 2.03. The number of nitrogens with zero attached hydrogens (tertiary/aromatic N) is 1. The van der Waals surface area contributed by atoms with E-state index in [9.17, 15) is 4.79 Å². The molecule has 1 aliphatic heterocycles. The van der Waals surface area contributed by atoms with Crippen LogP contribution in [0.3, 0.4) is 0 Å². The summed E-state index contributed by atoms with van der Waals surface area (Å²) in [4.78, 5) is 16.7. The fourth-order valence-corrected chi connectivity index (χ4v) is 2.51.